The number of likely N-dealkylation sites (tertiary alicyclic amines) is 1. The van der Waals surface area contributed by atoms with Gasteiger partial charge in [0, 0.05) is 13.1 Å². The zero-order valence-electron chi connectivity index (χ0n) is 16.9. The van der Waals surface area contributed by atoms with E-state index in [2.05, 4.69) is 9.84 Å². The number of carbonyl (C=O) groups is 1. The van der Waals surface area contributed by atoms with Crippen LogP contribution in [-0.2, 0) is 0 Å². The van der Waals surface area contributed by atoms with E-state index in [1.165, 1.54) is 6.07 Å². The second-order valence-corrected chi connectivity index (χ2v) is 8.49. The van der Waals surface area contributed by atoms with Gasteiger partial charge < -0.3 is 9.64 Å². The molecule has 31 heavy (non-hydrogen) atoms. The highest BCUT2D eigenvalue weighted by Crippen LogP contribution is 2.48. The van der Waals surface area contributed by atoms with E-state index >= 15 is 0 Å². The quantitative estimate of drug-likeness (QED) is 0.598. The third-order valence-electron chi connectivity index (χ3n) is 6.35. The zero-order chi connectivity index (χ0) is 21.8. The number of amides is 1. The van der Waals surface area contributed by atoms with E-state index in [-0.39, 0.29) is 29.4 Å². The number of aryl methyl sites for hydroxylation is 1. The van der Waals surface area contributed by atoms with E-state index in [1.807, 2.05) is 30.3 Å². The molecular weight excluding hydrogens is 409 g/mol. The van der Waals surface area contributed by atoms with Crippen LogP contribution in [0.4, 0.5) is 13.2 Å². The number of benzene rings is 1. The van der Waals surface area contributed by atoms with Gasteiger partial charge in [0.05, 0.1) is 11.3 Å². The van der Waals surface area contributed by atoms with Gasteiger partial charge in [-0.2, -0.15) is 0 Å². The smallest absolute Gasteiger partial charge is 0.405 e. The molecule has 1 saturated heterocycles. The molecule has 6 nitrogen and oxygen atoms in total. The molecule has 1 aliphatic carbocycles. The molecule has 1 unspecified atom stereocenters. The monoisotopic (exact) mass is 431 g/mol. The molecule has 3 heterocycles. The van der Waals surface area contributed by atoms with Crippen LogP contribution < -0.4 is 9.25 Å². The minimum absolute atomic E-state index is 0.000438. The Kier molecular flexibility index (Phi) is 4.64. The molecule has 0 spiro atoms. The standard InChI is InChI=1S/C22H22F3N4O2/c1-14-6-7-28-13-19(26-29(28)10-14)21(30)27-11-16-8-15(9-17(16)12-27)18-4-2-3-5-20(18)31-22(23,24)25/h2-7,10,13,15-17H,8-9,11-12H2,1H3/q+1/t15?,16-,17+. The molecule has 9 heteroatoms. The number of rotatable bonds is 3. The van der Waals surface area contributed by atoms with Crippen molar-refractivity contribution < 1.29 is 27.2 Å². The van der Waals surface area contributed by atoms with Crippen LogP contribution in [0.25, 0.3) is 0 Å². The number of carbonyl (C=O) groups excluding carboxylic acids is 1. The highest BCUT2D eigenvalue weighted by molar-refractivity contribution is 5.91. The van der Waals surface area contributed by atoms with E-state index in [4.69, 9.17) is 0 Å². The summed E-state index contributed by atoms with van der Waals surface area (Å²) >= 11 is 0. The minimum atomic E-state index is -4.71. The van der Waals surface area contributed by atoms with Crippen LogP contribution in [0.15, 0.2) is 48.9 Å². The SMILES string of the molecule is Cc1cc[n+]2cc(C(=O)N3C[C@H]4CC(c5ccccc5OC(F)(F)F)C[C@H]4C3)nn2c1. The van der Waals surface area contributed by atoms with Gasteiger partial charge in [-0.3, -0.25) is 4.79 Å². The summed E-state index contributed by atoms with van der Waals surface area (Å²) in [5, 5.41) is 4.39. The van der Waals surface area contributed by atoms with Crippen molar-refractivity contribution in [1.82, 2.24) is 14.6 Å². The van der Waals surface area contributed by atoms with Crippen LogP contribution in [0.2, 0.25) is 0 Å². The van der Waals surface area contributed by atoms with Crippen LogP contribution >= 0.6 is 0 Å². The Bertz CT molecular complexity index is 1130. The van der Waals surface area contributed by atoms with Crippen molar-refractivity contribution in [3.05, 3.63) is 65.7 Å². The molecule has 1 amide bonds. The van der Waals surface area contributed by atoms with E-state index in [9.17, 15) is 18.0 Å². The number of para-hydroxylation sites is 1. The lowest BCUT2D eigenvalue weighted by Crippen LogP contribution is -2.30. The molecule has 0 bridgehead atoms. The highest BCUT2D eigenvalue weighted by Gasteiger charge is 2.45. The Balaban J connectivity index is 1.28. The summed E-state index contributed by atoms with van der Waals surface area (Å²) in [5.74, 6) is 0.296. The molecule has 1 aliphatic heterocycles. The average molecular weight is 431 g/mol. The van der Waals surface area contributed by atoms with Crippen molar-refractivity contribution in [2.45, 2.75) is 32.0 Å². The number of hydrogen-bond donors (Lipinski definition) is 0. The van der Waals surface area contributed by atoms with Crippen molar-refractivity contribution in [3.63, 3.8) is 0 Å². The first-order chi connectivity index (χ1) is 14.8. The Morgan fingerprint density at radius 2 is 1.87 bits per heavy atom. The van der Waals surface area contributed by atoms with Gasteiger partial charge in [0.15, 0.2) is 6.20 Å². The molecule has 3 aromatic rings. The fraction of sp³-hybridized carbons (Fsp3) is 0.409. The summed E-state index contributed by atoms with van der Waals surface area (Å²) in [5.41, 5.74) is 2.02. The van der Waals surface area contributed by atoms with Gasteiger partial charge in [0.2, 0.25) is 0 Å². The van der Waals surface area contributed by atoms with Crippen LogP contribution in [-0.4, -0.2) is 40.0 Å². The first-order valence-electron chi connectivity index (χ1n) is 10.3. The third kappa shape index (κ3) is 3.84. The maximum absolute atomic E-state index is 13.0. The lowest BCUT2D eigenvalue weighted by molar-refractivity contribution is -0.622. The van der Waals surface area contributed by atoms with E-state index < -0.39 is 6.36 Å². The molecule has 2 aliphatic rings. The van der Waals surface area contributed by atoms with E-state index in [1.54, 1.807) is 33.5 Å². The largest absolute Gasteiger partial charge is 0.573 e. The minimum Gasteiger partial charge on any atom is -0.405 e. The molecule has 2 aromatic heterocycles. The molecule has 0 radical (unpaired) electrons. The van der Waals surface area contributed by atoms with E-state index in [0.717, 1.165) is 18.4 Å². The number of hydrogen-bond acceptors (Lipinski definition) is 3. The van der Waals surface area contributed by atoms with Crippen molar-refractivity contribution in [1.29, 1.82) is 0 Å². The lowest BCUT2D eigenvalue weighted by Gasteiger charge is -2.20. The number of nitrogens with zero attached hydrogens (tertiary/aromatic N) is 4. The predicted octanol–water partition coefficient (Wildman–Crippen LogP) is 3.39. The van der Waals surface area contributed by atoms with Gasteiger partial charge in [-0.15, -0.1) is 17.7 Å². The summed E-state index contributed by atoms with van der Waals surface area (Å²) in [6.07, 6.45) is 2.18. The van der Waals surface area contributed by atoms with Gasteiger partial charge in [-0.1, -0.05) is 18.2 Å². The van der Waals surface area contributed by atoms with Crippen LogP contribution in [0.3, 0.4) is 0 Å². The number of aromatic nitrogens is 3. The summed E-state index contributed by atoms with van der Waals surface area (Å²) in [6, 6.07) is 8.32. The third-order valence-corrected chi connectivity index (χ3v) is 6.35. The summed E-state index contributed by atoms with van der Waals surface area (Å²) < 4.78 is 45.9. The average Bonchev–Trinajstić information content (AvgIpc) is 3.38. The molecule has 162 valence electrons. The van der Waals surface area contributed by atoms with Gasteiger partial charge in [0.25, 0.3) is 0 Å². The number of fused-ring (bicyclic) bond motifs is 2. The molecular formula is C22H22F3N4O2+. The van der Waals surface area contributed by atoms with Crippen molar-refractivity contribution in [2.75, 3.05) is 13.1 Å². The highest BCUT2D eigenvalue weighted by atomic mass is 19.4. The van der Waals surface area contributed by atoms with Gasteiger partial charge in [-0.05, 0) is 65.4 Å². The maximum Gasteiger partial charge on any atom is 0.573 e. The Morgan fingerprint density at radius 3 is 2.58 bits per heavy atom. The van der Waals surface area contributed by atoms with Crippen molar-refractivity contribution in [2.24, 2.45) is 11.8 Å². The number of alkyl halides is 3. The first-order valence-corrected chi connectivity index (χ1v) is 10.3. The zero-order valence-corrected chi connectivity index (χ0v) is 16.9. The van der Waals surface area contributed by atoms with Gasteiger partial charge in [-0.25, -0.2) is 0 Å². The molecule has 1 aromatic carbocycles. The van der Waals surface area contributed by atoms with Gasteiger partial charge in [0.1, 0.15) is 11.9 Å². The van der Waals surface area contributed by atoms with Crippen molar-refractivity contribution >= 4 is 5.91 Å². The topological polar surface area (TPSA) is 50.9 Å². The lowest BCUT2D eigenvalue weighted by atomic mass is 9.95. The molecule has 2 fully saturated rings. The second-order valence-electron chi connectivity index (χ2n) is 8.49. The molecule has 0 N–H and O–H groups in total. The Labute approximate surface area is 176 Å². The summed E-state index contributed by atoms with van der Waals surface area (Å²) in [7, 11) is 0. The Morgan fingerprint density at radius 1 is 1.16 bits per heavy atom. The fourth-order valence-electron chi connectivity index (χ4n) is 5.01. The maximum atomic E-state index is 13.0. The number of ether oxygens (including phenoxy) is 1. The molecule has 1 saturated carbocycles. The predicted molar refractivity (Wildman–Crippen MR) is 104 cm³/mol. The molecule has 5 rings (SSSR count). The van der Waals surface area contributed by atoms with E-state index in [0.29, 0.717) is 24.3 Å². The van der Waals surface area contributed by atoms with Crippen molar-refractivity contribution in [3.8, 4) is 5.75 Å². The first kappa shape index (κ1) is 19.8. The van der Waals surface area contributed by atoms with Crippen LogP contribution in [0, 0.1) is 18.8 Å². The van der Waals surface area contributed by atoms with Crippen LogP contribution in [0.5, 0.6) is 5.75 Å². The summed E-state index contributed by atoms with van der Waals surface area (Å²) in [6.45, 7) is 3.15. The Hall–Kier alpha value is -3.10. The van der Waals surface area contributed by atoms with Gasteiger partial charge >= 0.3 is 18.0 Å². The normalized spacial score (nSPS) is 23.4. The number of halogens is 3. The summed E-state index contributed by atoms with van der Waals surface area (Å²) in [4.78, 5) is 14.8. The fourth-order valence-corrected chi connectivity index (χ4v) is 5.01. The molecule has 3 atom stereocenters. The van der Waals surface area contributed by atoms with Crippen LogP contribution in [0.1, 0.15) is 40.4 Å². The second kappa shape index (κ2) is 7.25.